The van der Waals surface area contributed by atoms with Crippen LogP contribution >= 0.6 is 0 Å². The molecule has 0 amide bonds. The number of ether oxygens (including phenoxy) is 3. The number of esters is 1. The lowest BCUT2D eigenvalue weighted by Crippen LogP contribution is -2.30. The monoisotopic (exact) mass is 819 g/mol. The molecule has 17 heteroatoms. The van der Waals surface area contributed by atoms with E-state index in [4.69, 9.17) is 14.2 Å². The van der Waals surface area contributed by atoms with E-state index in [-0.39, 0.29) is 29.2 Å². The molecule has 2 heterocycles. The van der Waals surface area contributed by atoms with E-state index in [0.29, 0.717) is 42.2 Å². The molecule has 57 heavy (non-hydrogen) atoms. The highest BCUT2D eigenvalue weighted by molar-refractivity contribution is 7.89. The summed E-state index contributed by atoms with van der Waals surface area (Å²) in [7, 11) is -6.37. The van der Waals surface area contributed by atoms with Crippen molar-refractivity contribution in [1.29, 1.82) is 0 Å². The molecule has 3 aromatic carbocycles. The fraction of sp³-hybridized carbons (Fsp3) is 0.250. The highest BCUT2D eigenvalue weighted by atomic mass is 32.2. The number of carboxylic acid groups (broad SMARTS) is 1. The van der Waals surface area contributed by atoms with Gasteiger partial charge in [0, 0.05) is 37.3 Å². The van der Waals surface area contributed by atoms with E-state index >= 15 is 0 Å². The molecule has 0 fully saturated rings. The second-order valence-electron chi connectivity index (χ2n) is 12.1. The average Bonchev–Trinajstić information content (AvgIpc) is 3.21. The van der Waals surface area contributed by atoms with Gasteiger partial charge in [-0.05, 0) is 66.9 Å². The van der Waals surface area contributed by atoms with Crippen LogP contribution in [0, 0.1) is 0 Å². The molecule has 2 unspecified atom stereocenters. The Morgan fingerprint density at radius 1 is 0.737 bits per heavy atom. The number of carbonyl (C=O) groups is 2. The predicted octanol–water partition coefficient (Wildman–Crippen LogP) is 5.52. The number of sulfonamides is 2. The van der Waals surface area contributed by atoms with Gasteiger partial charge in [-0.3, -0.25) is 14.6 Å². The highest BCUT2D eigenvalue weighted by Gasteiger charge is 2.26. The van der Waals surface area contributed by atoms with Crippen LogP contribution in [0.2, 0.25) is 0 Å². The normalized spacial score (nSPS) is 12.2. The zero-order valence-corrected chi connectivity index (χ0v) is 33.0. The Balaban J connectivity index is 0.000000261. The smallest absolute Gasteiger partial charge is 0.307 e. The fourth-order valence-corrected chi connectivity index (χ4v) is 7.76. The first-order valence-corrected chi connectivity index (χ1v) is 20.8. The summed E-state index contributed by atoms with van der Waals surface area (Å²) in [6, 6.07) is 28.2. The van der Waals surface area contributed by atoms with Crippen molar-refractivity contribution in [3.05, 3.63) is 139 Å². The minimum absolute atomic E-state index is 0.00734. The Bertz CT molecular complexity index is 2230. The summed E-state index contributed by atoms with van der Waals surface area (Å²) >= 11 is 0. The first kappa shape index (κ1) is 43.8. The van der Waals surface area contributed by atoms with E-state index in [1.54, 1.807) is 86.0 Å². The zero-order valence-electron chi connectivity index (χ0n) is 31.4. The third kappa shape index (κ3) is 14.6. The van der Waals surface area contributed by atoms with Crippen LogP contribution < -0.4 is 24.2 Å². The molecule has 302 valence electrons. The van der Waals surface area contributed by atoms with Gasteiger partial charge in [0.15, 0.2) is 0 Å². The number of pyridine rings is 2. The van der Waals surface area contributed by atoms with Crippen LogP contribution in [0.4, 0.5) is 5.82 Å². The van der Waals surface area contributed by atoms with Gasteiger partial charge in [-0.25, -0.2) is 31.3 Å². The van der Waals surface area contributed by atoms with Gasteiger partial charge in [0.1, 0.15) is 17.3 Å². The number of nitrogens with one attached hydrogen (secondary N) is 3. The minimum atomic E-state index is -3.96. The first-order chi connectivity index (χ1) is 27.4. The Hall–Kier alpha value is -5.88. The Morgan fingerprint density at radius 3 is 1.96 bits per heavy atom. The number of rotatable bonds is 20. The average molecular weight is 820 g/mol. The van der Waals surface area contributed by atoms with Crippen molar-refractivity contribution in [3.63, 3.8) is 0 Å². The number of benzene rings is 3. The molecule has 0 saturated carbocycles. The second-order valence-corrected chi connectivity index (χ2v) is 15.6. The van der Waals surface area contributed by atoms with Crippen molar-refractivity contribution in [2.75, 3.05) is 32.2 Å². The molecule has 0 bridgehead atoms. The molecule has 0 aliphatic heterocycles. The van der Waals surface area contributed by atoms with Crippen LogP contribution in [0.15, 0.2) is 138 Å². The first-order valence-electron chi connectivity index (χ1n) is 17.8. The summed E-state index contributed by atoms with van der Waals surface area (Å²) in [6.45, 7) is 2.96. The summed E-state index contributed by atoms with van der Waals surface area (Å²) < 4.78 is 71.9. The molecule has 4 N–H and O–H groups in total. The molecular weight excluding hydrogens is 775 g/mol. The molecule has 5 aromatic rings. The van der Waals surface area contributed by atoms with E-state index in [0.717, 1.165) is 5.82 Å². The third-order valence-corrected chi connectivity index (χ3v) is 10.9. The Labute approximate surface area is 332 Å². The highest BCUT2D eigenvalue weighted by Crippen LogP contribution is 2.24. The maximum Gasteiger partial charge on any atom is 0.307 e. The molecule has 5 rings (SSSR count). The van der Waals surface area contributed by atoms with E-state index in [1.807, 2.05) is 18.2 Å². The number of hydrogen-bond acceptors (Lipinski definition) is 12. The maximum absolute atomic E-state index is 12.9. The number of aliphatic carboxylic acids is 1. The molecule has 15 nitrogen and oxygen atoms in total. The van der Waals surface area contributed by atoms with Gasteiger partial charge < -0.3 is 24.6 Å². The van der Waals surface area contributed by atoms with Crippen molar-refractivity contribution in [1.82, 2.24) is 19.4 Å². The zero-order chi connectivity index (χ0) is 41.1. The Morgan fingerprint density at radius 2 is 1.37 bits per heavy atom. The van der Waals surface area contributed by atoms with Crippen LogP contribution in [0.5, 0.6) is 11.5 Å². The van der Waals surface area contributed by atoms with Crippen LogP contribution in [0.3, 0.4) is 0 Å². The van der Waals surface area contributed by atoms with Crippen molar-refractivity contribution in [2.45, 2.75) is 48.1 Å². The van der Waals surface area contributed by atoms with Crippen LogP contribution in [-0.4, -0.2) is 70.7 Å². The van der Waals surface area contributed by atoms with Gasteiger partial charge in [0.2, 0.25) is 20.0 Å². The summed E-state index contributed by atoms with van der Waals surface area (Å²) in [6.07, 6.45) is 4.98. The van der Waals surface area contributed by atoms with Gasteiger partial charge in [0.25, 0.3) is 0 Å². The number of anilines is 1. The lowest BCUT2D eigenvalue weighted by Gasteiger charge is -2.18. The minimum Gasteiger partial charge on any atom is -0.497 e. The number of carbonyl (C=O) groups excluding carboxylic acids is 1. The van der Waals surface area contributed by atoms with E-state index in [9.17, 15) is 31.5 Å². The van der Waals surface area contributed by atoms with Gasteiger partial charge in [-0.1, -0.05) is 54.6 Å². The summed E-state index contributed by atoms with van der Waals surface area (Å²) in [5.74, 6) is 0.0232. The summed E-state index contributed by atoms with van der Waals surface area (Å²) in [5, 5.41) is 12.4. The number of aromatic nitrogens is 2. The lowest BCUT2D eigenvalue weighted by molar-refractivity contribution is -0.143. The molecule has 0 aliphatic carbocycles. The van der Waals surface area contributed by atoms with Crippen molar-refractivity contribution >= 4 is 37.8 Å². The standard InChI is InChI=1S/C23H25N3O5S.C17H20N2O5S/c27-23(28)17-21(18-8-2-1-3-9-18)26-32(29,30)20-11-6-10-19(16-20)31-15-7-14-25-22-12-4-5-13-24-22;1-3-24-17(20)11-16(13-6-5-9-18-12-13)19-25(21,22)15-8-4-7-14(10-15)23-2/h1-6,8-13,16,21,26H,7,14-15,17H2,(H,24,25)(H,27,28);4-10,12,16,19H,3,11H2,1-2H3. The molecule has 0 spiro atoms. The summed E-state index contributed by atoms with van der Waals surface area (Å²) in [4.78, 5) is 31.3. The van der Waals surface area contributed by atoms with Crippen molar-refractivity contribution in [3.8, 4) is 11.5 Å². The SMILES string of the molecule is CCOC(=O)CC(NS(=O)(=O)c1cccc(OC)c1)c1cccnc1.O=C(O)CC(NS(=O)(=O)c1cccc(OCCCNc2ccccn2)c1)c1ccccc1. The Kier molecular flexibility index (Phi) is 16.9. The quantitative estimate of drug-likeness (QED) is 0.0564. The summed E-state index contributed by atoms with van der Waals surface area (Å²) in [5.41, 5.74) is 1.15. The maximum atomic E-state index is 12.9. The molecule has 0 aliphatic rings. The van der Waals surface area contributed by atoms with E-state index < -0.39 is 44.1 Å². The topological polar surface area (TPSA) is 212 Å². The number of carboxylic acids is 1. The number of nitrogens with zero attached hydrogens (tertiary/aromatic N) is 2. The molecular formula is C40H45N5O10S2. The van der Waals surface area contributed by atoms with E-state index in [2.05, 4.69) is 24.7 Å². The fourth-order valence-electron chi connectivity index (χ4n) is 5.24. The largest absolute Gasteiger partial charge is 0.497 e. The molecule has 0 saturated heterocycles. The third-order valence-electron chi connectivity index (χ3n) is 7.97. The number of hydrogen-bond donors (Lipinski definition) is 4. The second kappa shape index (κ2) is 22.0. The van der Waals surface area contributed by atoms with Crippen LogP contribution in [-0.2, 0) is 34.4 Å². The van der Waals surface area contributed by atoms with Gasteiger partial charge in [0.05, 0.1) is 55.0 Å². The predicted molar refractivity (Wildman–Crippen MR) is 213 cm³/mol. The molecule has 2 atom stereocenters. The lowest BCUT2D eigenvalue weighted by atomic mass is 10.1. The number of methoxy groups -OCH3 is 1. The van der Waals surface area contributed by atoms with Crippen LogP contribution in [0.1, 0.15) is 49.4 Å². The molecule has 2 aromatic heterocycles. The molecule has 0 radical (unpaired) electrons. The van der Waals surface area contributed by atoms with Crippen LogP contribution in [0.25, 0.3) is 0 Å². The van der Waals surface area contributed by atoms with Gasteiger partial charge in [-0.15, -0.1) is 0 Å². The van der Waals surface area contributed by atoms with Crippen molar-refractivity contribution < 1.29 is 45.7 Å². The van der Waals surface area contributed by atoms with Gasteiger partial charge in [-0.2, -0.15) is 0 Å². The van der Waals surface area contributed by atoms with E-state index in [1.165, 1.54) is 37.6 Å². The van der Waals surface area contributed by atoms with Crippen molar-refractivity contribution in [2.24, 2.45) is 0 Å². The van der Waals surface area contributed by atoms with Gasteiger partial charge >= 0.3 is 11.9 Å².